The van der Waals surface area contributed by atoms with Gasteiger partial charge in [0.25, 0.3) is 5.91 Å². The lowest BCUT2D eigenvalue weighted by Crippen LogP contribution is -2.41. The molecule has 0 spiro atoms. The van der Waals surface area contributed by atoms with Crippen molar-refractivity contribution in [3.8, 4) is 0 Å². The largest absolute Gasteiger partial charge is 0.480 e. The third-order valence-electron chi connectivity index (χ3n) is 3.60. The molecule has 1 aliphatic heterocycles. The Morgan fingerprint density at radius 2 is 2.00 bits per heavy atom. The normalized spacial score (nSPS) is 20.7. The summed E-state index contributed by atoms with van der Waals surface area (Å²) in [7, 11) is 0. The number of rotatable bonds is 4. The van der Waals surface area contributed by atoms with Crippen LogP contribution in [-0.4, -0.2) is 40.4 Å². The number of carbonyl (C=O) groups is 3. The highest BCUT2D eigenvalue weighted by molar-refractivity contribution is 6.05. The zero-order valence-corrected chi connectivity index (χ0v) is 10.7. The number of amides is 2. The van der Waals surface area contributed by atoms with Gasteiger partial charge in [-0.25, -0.2) is 0 Å². The van der Waals surface area contributed by atoms with Gasteiger partial charge in [0.05, 0.1) is 0 Å². The van der Waals surface area contributed by atoms with Gasteiger partial charge in [0, 0.05) is 11.6 Å². The van der Waals surface area contributed by atoms with Gasteiger partial charge < -0.3 is 15.3 Å². The first kappa shape index (κ1) is 12.7. The lowest BCUT2D eigenvalue weighted by atomic mass is 10.0. The fourth-order valence-electron chi connectivity index (χ4n) is 2.59. The first-order chi connectivity index (χ1) is 9.59. The van der Waals surface area contributed by atoms with Crippen LogP contribution in [0.2, 0.25) is 0 Å². The lowest BCUT2D eigenvalue weighted by molar-refractivity contribution is -0.138. The number of fused-ring (bicyclic) bond motifs is 1. The summed E-state index contributed by atoms with van der Waals surface area (Å²) in [5.74, 6) is -1.68. The first-order valence-corrected chi connectivity index (χ1v) is 6.50. The zero-order chi connectivity index (χ0) is 14.3. The summed E-state index contributed by atoms with van der Waals surface area (Å²) in [6, 6.07) is 6.39. The van der Waals surface area contributed by atoms with Crippen molar-refractivity contribution >= 4 is 17.8 Å². The predicted octanol–water partition coefficient (Wildman–Crippen LogP) is 0.547. The number of carboxylic acid groups (broad SMARTS) is 1. The predicted molar refractivity (Wildman–Crippen MR) is 69.0 cm³/mol. The average Bonchev–Trinajstić information content (AvgIpc) is 3.22. The molecule has 6 heteroatoms. The molecule has 20 heavy (non-hydrogen) atoms. The van der Waals surface area contributed by atoms with Gasteiger partial charge in [-0.05, 0) is 24.5 Å². The maximum atomic E-state index is 12.4. The summed E-state index contributed by atoms with van der Waals surface area (Å²) >= 11 is 0. The Balaban J connectivity index is 1.91. The summed E-state index contributed by atoms with van der Waals surface area (Å²) in [5, 5.41) is 11.0. The molecule has 104 valence electrons. The summed E-state index contributed by atoms with van der Waals surface area (Å²) in [6.07, 6.45) is 1.78. The fourth-order valence-corrected chi connectivity index (χ4v) is 2.59. The molecular formula is C14H14N2O4. The number of benzene rings is 1. The van der Waals surface area contributed by atoms with Gasteiger partial charge >= 0.3 is 5.97 Å². The highest BCUT2D eigenvalue weighted by Crippen LogP contribution is 2.41. The van der Waals surface area contributed by atoms with Crippen molar-refractivity contribution in [1.82, 2.24) is 10.2 Å². The second kappa shape index (κ2) is 4.63. The van der Waals surface area contributed by atoms with Crippen molar-refractivity contribution in [1.29, 1.82) is 0 Å². The minimum absolute atomic E-state index is 0.0930. The number of nitrogens with zero attached hydrogens (tertiary/aromatic N) is 1. The molecule has 1 aromatic carbocycles. The van der Waals surface area contributed by atoms with Gasteiger partial charge in [0.15, 0.2) is 0 Å². The topological polar surface area (TPSA) is 86.7 Å². The molecule has 3 rings (SSSR count). The van der Waals surface area contributed by atoms with E-state index in [9.17, 15) is 14.4 Å². The van der Waals surface area contributed by atoms with Crippen LogP contribution in [-0.2, 0) is 9.59 Å². The molecule has 0 radical (unpaired) electrons. The number of aliphatic carboxylic acids is 1. The molecule has 2 aliphatic rings. The van der Waals surface area contributed by atoms with Crippen LogP contribution in [0.5, 0.6) is 0 Å². The van der Waals surface area contributed by atoms with E-state index in [1.165, 1.54) is 0 Å². The molecule has 0 unspecified atom stereocenters. The zero-order valence-electron chi connectivity index (χ0n) is 10.7. The highest BCUT2D eigenvalue weighted by atomic mass is 16.4. The van der Waals surface area contributed by atoms with Crippen LogP contribution in [0, 0.1) is 0 Å². The van der Waals surface area contributed by atoms with Crippen molar-refractivity contribution in [3.05, 3.63) is 35.4 Å². The van der Waals surface area contributed by atoms with Gasteiger partial charge in [0.1, 0.15) is 12.6 Å². The maximum Gasteiger partial charge on any atom is 0.322 e. The third kappa shape index (κ3) is 2.03. The molecule has 2 N–H and O–H groups in total. The minimum Gasteiger partial charge on any atom is -0.480 e. The molecule has 0 bridgehead atoms. The van der Waals surface area contributed by atoms with Crippen LogP contribution in [0.3, 0.4) is 0 Å². The van der Waals surface area contributed by atoms with E-state index in [1.54, 1.807) is 29.2 Å². The summed E-state index contributed by atoms with van der Waals surface area (Å²) in [6.45, 7) is -0.440. The van der Waals surface area contributed by atoms with E-state index in [0.29, 0.717) is 11.1 Å². The van der Waals surface area contributed by atoms with Crippen molar-refractivity contribution < 1.29 is 19.5 Å². The van der Waals surface area contributed by atoms with E-state index in [1.807, 2.05) is 0 Å². The molecule has 1 aromatic rings. The molecule has 1 heterocycles. The number of hydrogen-bond donors (Lipinski definition) is 2. The molecule has 2 amide bonds. The van der Waals surface area contributed by atoms with Gasteiger partial charge in [-0.3, -0.25) is 14.4 Å². The van der Waals surface area contributed by atoms with Crippen molar-refractivity contribution in [3.63, 3.8) is 0 Å². The van der Waals surface area contributed by atoms with Crippen LogP contribution >= 0.6 is 0 Å². The smallest absolute Gasteiger partial charge is 0.322 e. The highest BCUT2D eigenvalue weighted by Gasteiger charge is 2.47. The molecule has 6 nitrogen and oxygen atoms in total. The quantitative estimate of drug-likeness (QED) is 0.839. The van der Waals surface area contributed by atoms with Crippen molar-refractivity contribution in [2.24, 2.45) is 0 Å². The van der Waals surface area contributed by atoms with Gasteiger partial charge in [-0.15, -0.1) is 0 Å². The van der Waals surface area contributed by atoms with E-state index in [2.05, 4.69) is 5.32 Å². The van der Waals surface area contributed by atoms with Crippen LogP contribution in [0.15, 0.2) is 24.3 Å². The summed E-state index contributed by atoms with van der Waals surface area (Å²) in [5.41, 5.74) is 1.20. The Morgan fingerprint density at radius 3 is 2.65 bits per heavy atom. The minimum atomic E-state index is -1.10. The second-order valence-corrected chi connectivity index (χ2v) is 5.04. The Bertz CT molecular complexity index is 595. The number of hydrogen-bond acceptors (Lipinski definition) is 3. The Labute approximate surface area is 115 Å². The van der Waals surface area contributed by atoms with Gasteiger partial charge in [-0.1, -0.05) is 18.2 Å². The molecule has 1 fully saturated rings. The van der Waals surface area contributed by atoms with E-state index in [0.717, 1.165) is 12.8 Å². The van der Waals surface area contributed by atoms with Crippen LogP contribution in [0.25, 0.3) is 0 Å². The van der Waals surface area contributed by atoms with Crippen molar-refractivity contribution in [2.45, 2.75) is 24.9 Å². The Hall–Kier alpha value is -2.37. The van der Waals surface area contributed by atoms with E-state index < -0.39 is 24.5 Å². The Morgan fingerprint density at radius 1 is 1.30 bits per heavy atom. The van der Waals surface area contributed by atoms with Crippen molar-refractivity contribution in [2.75, 3.05) is 6.54 Å². The molecule has 1 atom stereocenters. The third-order valence-corrected chi connectivity index (χ3v) is 3.60. The van der Waals surface area contributed by atoms with Crippen LogP contribution in [0.4, 0.5) is 0 Å². The Kier molecular flexibility index (Phi) is 2.93. The summed E-state index contributed by atoms with van der Waals surface area (Å²) in [4.78, 5) is 36.7. The van der Waals surface area contributed by atoms with Crippen LogP contribution < -0.4 is 5.32 Å². The first-order valence-electron chi connectivity index (χ1n) is 6.50. The summed E-state index contributed by atoms with van der Waals surface area (Å²) < 4.78 is 0. The number of nitrogens with one attached hydrogen (secondary N) is 1. The van der Waals surface area contributed by atoms with Crippen LogP contribution in [0.1, 0.15) is 34.8 Å². The van der Waals surface area contributed by atoms with E-state index in [-0.39, 0.29) is 11.9 Å². The van der Waals surface area contributed by atoms with Gasteiger partial charge in [0.2, 0.25) is 5.91 Å². The molecule has 1 saturated carbocycles. The SMILES string of the molecule is O=C(O)CNC(=O)[C@H]1c2ccccc2C(=O)N1C1CC1. The fraction of sp³-hybridized carbons (Fsp3) is 0.357. The number of carbonyl (C=O) groups excluding carboxylic acids is 2. The van der Waals surface area contributed by atoms with E-state index in [4.69, 9.17) is 5.11 Å². The molecular weight excluding hydrogens is 260 g/mol. The van der Waals surface area contributed by atoms with Gasteiger partial charge in [-0.2, -0.15) is 0 Å². The maximum absolute atomic E-state index is 12.4. The molecule has 0 saturated heterocycles. The van der Waals surface area contributed by atoms with E-state index >= 15 is 0 Å². The average molecular weight is 274 g/mol. The lowest BCUT2D eigenvalue weighted by Gasteiger charge is -2.24. The number of carboxylic acids is 1. The second-order valence-electron chi connectivity index (χ2n) is 5.04. The standard InChI is InChI=1S/C14H14N2O4/c17-11(18)7-15-13(19)12-9-3-1-2-4-10(9)14(20)16(12)8-5-6-8/h1-4,8,12H,5-7H2,(H,15,19)(H,17,18)/t12-/m1/s1. The molecule has 1 aliphatic carbocycles. The monoisotopic (exact) mass is 274 g/mol. The molecule has 0 aromatic heterocycles.